The molecule has 5 nitrogen and oxygen atoms in total. The maximum atomic E-state index is 13.1. The van der Waals surface area contributed by atoms with Crippen molar-refractivity contribution in [1.82, 2.24) is 5.32 Å². The molecule has 0 aliphatic heterocycles. The van der Waals surface area contributed by atoms with Crippen molar-refractivity contribution in [2.24, 2.45) is 17.1 Å². The normalized spacial score (nSPS) is 31.1. The highest BCUT2D eigenvalue weighted by Gasteiger charge is 2.54. The van der Waals surface area contributed by atoms with Crippen molar-refractivity contribution < 1.29 is 14.3 Å². The van der Waals surface area contributed by atoms with Crippen LogP contribution in [0.25, 0.3) is 0 Å². The largest absolute Gasteiger partial charge is 0.461 e. The van der Waals surface area contributed by atoms with Crippen LogP contribution < -0.4 is 11.1 Å². The fourth-order valence-electron chi connectivity index (χ4n) is 5.26. The summed E-state index contributed by atoms with van der Waals surface area (Å²) in [6.45, 7) is 0.827. The summed E-state index contributed by atoms with van der Waals surface area (Å²) in [5.41, 5.74) is 6.12. The molecule has 0 radical (unpaired) electrons. The molecule has 28 heavy (non-hydrogen) atoms. The lowest BCUT2D eigenvalue weighted by atomic mass is 9.80. The van der Waals surface area contributed by atoms with Gasteiger partial charge in [-0.1, -0.05) is 43.1 Å². The lowest BCUT2D eigenvalue weighted by Crippen LogP contribution is -2.56. The van der Waals surface area contributed by atoms with Gasteiger partial charge in [0.2, 0.25) is 5.91 Å². The predicted octanol–water partition coefficient (Wildman–Crippen LogP) is 3.53. The Morgan fingerprint density at radius 2 is 1.89 bits per heavy atom. The van der Waals surface area contributed by atoms with Crippen LogP contribution >= 0.6 is 0 Å². The smallest absolute Gasteiger partial charge is 0.326 e. The highest BCUT2D eigenvalue weighted by Crippen LogP contribution is 2.57. The molecule has 0 aromatic rings. The van der Waals surface area contributed by atoms with E-state index in [0.29, 0.717) is 12.3 Å². The van der Waals surface area contributed by atoms with E-state index in [1.54, 1.807) is 0 Å². The van der Waals surface area contributed by atoms with Crippen molar-refractivity contribution in [2.75, 3.05) is 6.54 Å². The molecule has 2 unspecified atom stereocenters. The van der Waals surface area contributed by atoms with Gasteiger partial charge in [0.25, 0.3) is 0 Å². The van der Waals surface area contributed by atoms with Crippen LogP contribution in [0.4, 0.5) is 0 Å². The van der Waals surface area contributed by atoms with Crippen LogP contribution in [-0.2, 0) is 14.3 Å². The van der Waals surface area contributed by atoms with Crippen LogP contribution in [-0.4, -0.2) is 30.1 Å². The number of amides is 1. The van der Waals surface area contributed by atoms with E-state index in [0.717, 1.165) is 57.9 Å². The molecule has 2 atom stereocenters. The topological polar surface area (TPSA) is 81.4 Å². The van der Waals surface area contributed by atoms with Gasteiger partial charge in [0.05, 0.1) is 0 Å². The van der Waals surface area contributed by atoms with Crippen LogP contribution in [0.1, 0.15) is 77.0 Å². The van der Waals surface area contributed by atoms with Crippen molar-refractivity contribution >= 4 is 11.9 Å². The number of carbonyl (C=O) groups is 2. The molecule has 4 aliphatic carbocycles. The molecule has 0 heterocycles. The maximum Gasteiger partial charge on any atom is 0.326 e. The molecule has 0 spiro atoms. The molecular formula is C23H34N2O3. The molecule has 3 fully saturated rings. The number of hydrogen-bond acceptors (Lipinski definition) is 4. The second-order valence-corrected chi connectivity index (χ2v) is 9.39. The first-order chi connectivity index (χ1) is 13.5. The van der Waals surface area contributed by atoms with Crippen molar-refractivity contribution in [2.45, 2.75) is 88.7 Å². The van der Waals surface area contributed by atoms with Crippen LogP contribution in [0, 0.1) is 11.3 Å². The SMILES string of the molecule is NC(=O)CCC1=CC2CC2(CNC2(C(=O)OC3CCCC3)CCCCC2)C=C1. The first kappa shape index (κ1) is 19.7. The third-order valence-electron chi connectivity index (χ3n) is 7.31. The number of ether oxygens (including phenoxy) is 1. The minimum Gasteiger partial charge on any atom is -0.461 e. The number of fused-ring (bicyclic) bond motifs is 1. The minimum atomic E-state index is -0.494. The molecule has 0 bridgehead atoms. The molecule has 3 saturated carbocycles. The molecule has 0 saturated heterocycles. The van der Waals surface area contributed by atoms with E-state index in [-0.39, 0.29) is 23.4 Å². The monoisotopic (exact) mass is 386 g/mol. The average Bonchev–Trinajstić information content (AvgIpc) is 3.19. The molecule has 154 valence electrons. The van der Waals surface area contributed by atoms with E-state index in [1.165, 1.54) is 24.8 Å². The van der Waals surface area contributed by atoms with Gasteiger partial charge in [-0.2, -0.15) is 0 Å². The summed E-state index contributed by atoms with van der Waals surface area (Å²) < 4.78 is 5.94. The van der Waals surface area contributed by atoms with Gasteiger partial charge >= 0.3 is 5.97 Å². The number of esters is 1. The number of primary amides is 1. The number of carbonyl (C=O) groups excluding carboxylic acids is 2. The summed E-state index contributed by atoms with van der Waals surface area (Å²) >= 11 is 0. The second kappa shape index (κ2) is 8.02. The van der Waals surface area contributed by atoms with Gasteiger partial charge in [-0.05, 0) is 57.3 Å². The van der Waals surface area contributed by atoms with E-state index < -0.39 is 5.54 Å². The Morgan fingerprint density at radius 3 is 2.57 bits per heavy atom. The second-order valence-electron chi connectivity index (χ2n) is 9.39. The Hall–Kier alpha value is -1.62. The highest BCUT2D eigenvalue weighted by atomic mass is 16.5. The van der Waals surface area contributed by atoms with E-state index in [4.69, 9.17) is 10.5 Å². The third kappa shape index (κ3) is 4.19. The highest BCUT2D eigenvalue weighted by molar-refractivity contribution is 5.81. The fourth-order valence-corrected chi connectivity index (χ4v) is 5.26. The Bertz CT molecular complexity index is 671. The Balaban J connectivity index is 1.36. The van der Waals surface area contributed by atoms with Gasteiger partial charge in [-0.3, -0.25) is 9.59 Å². The molecule has 3 N–H and O–H groups in total. The van der Waals surface area contributed by atoms with E-state index in [1.807, 2.05) is 0 Å². The minimum absolute atomic E-state index is 0.00909. The first-order valence-corrected chi connectivity index (χ1v) is 11.2. The molecule has 0 aromatic heterocycles. The fraction of sp³-hybridized carbons (Fsp3) is 0.739. The summed E-state index contributed by atoms with van der Waals surface area (Å²) in [5.74, 6) is 0.258. The van der Waals surface area contributed by atoms with Gasteiger partial charge in [0, 0.05) is 18.4 Å². The summed E-state index contributed by atoms with van der Waals surface area (Å²) in [6.07, 6.45) is 18.7. The van der Waals surface area contributed by atoms with Gasteiger partial charge in [-0.15, -0.1) is 0 Å². The summed E-state index contributed by atoms with van der Waals surface area (Å²) in [5, 5.41) is 3.70. The first-order valence-electron chi connectivity index (χ1n) is 11.2. The van der Waals surface area contributed by atoms with E-state index in [9.17, 15) is 9.59 Å². The van der Waals surface area contributed by atoms with Crippen LogP contribution in [0.3, 0.4) is 0 Å². The van der Waals surface area contributed by atoms with Crippen molar-refractivity contribution in [3.05, 3.63) is 23.8 Å². The van der Waals surface area contributed by atoms with Crippen molar-refractivity contribution in [3.8, 4) is 0 Å². The van der Waals surface area contributed by atoms with Crippen molar-refractivity contribution in [3.63, 3.8) is 0 Å². The molecule has 4 rings (SSSR count). The van der Waals surface area contributed by atoms with Crippen LogP contribution in [0.2, 0.25) is 0 Å². The lowest BCUT2D eigenvalue weighted by Gasteiger charge is -2.38. The zero-order chi connectivity index (χ0) is 19.6. The van der Waals surface area contributed by atoms with Crippen LogP contribution in [0.15, 0.2) is 23.8 Å². The molecule has 4 aliphatic rings. The van der Waals surface area contributed by atoms with Gasteiger partial charge in [0.15, 0.2) is 0 Å². The van der Waals surface area contributed by atoms with E-state index >= 15 is 0 Å². The summed E-state index contributed by atoms with van der Waals surface area (Å²) in [6, 6.07) is 0. The van der Waals surface area contributed by atoms with E-state index in [2.05, 4.69) is 23.5 Å². The number of nitrogens with one attached hydrogen (secondary N) is 1. The Kier molecular flexibility index (Phi) is 5.64. The number of hydrogen-bond donors (Lipinski definition) is 2. The predicted molar refractivity (Wildman–Crippen MR) is 108 cm³/mol. The van der Waals surface area contributed by atoms with Gasteiger partial charge in [0.1, 0.15) is 11.6 Å². The maximum absolute atomic E-state index is 13.1. The number of allylic oxidation sites excluding steroid dienone is 3. The van der Waals surface area contributed by atoms with Crippen LogP contribution in [0.5, 0.6) is 0 Å². The molecule has 1 amide bonds. The standard InChI is InChI=1S/C23H34N2O3/c24-20(26)9-8-17-10-13-22(15-18(22)14-17)16-25-23(11-4-1-5-12-23)21(27)28-19-6-2-3-7-19/h10,13-14,18-19,25H,1-9,11-12,15-16H2,(H2,24,26). The quantitative estimate of drug-likeness (QED) is 0.625. The molecule has 0 aromatic carbocycles. The third-order valence-corrected chi connectivity index (χ3v) is 7.31. The molecular weight excluding hydrogens is 352 g/mol. The summed E-state index contributed by atoms with van der Waals surface area (Å²) in [7, 11) is 0. The lowest BCUT2D eigenvalue weighted by molar-refractivity contribution is -0.158. The van der Waals surface area contributed by atoms with Gasteiger partial charge < -0.3 is 15.8 Å². The zero-order valence-electron chi connectivity index (χ0n) is 16.9. The number of rotatable bonds is 8. The molecule has 5 heteroatoms. The average molecular weight is 387 g/mol. The zero-order valence-corrected chi connectivity index (χ0v) is 16.9. The Morgan fingerprint density at radius 1 is 1.14 bits per heavy atom. The summed E-state index contributed by atoms with van der Waals surface area (Å²) in [4.78, 5) is 24.1. The Labute approximate surface area is 168 Å². The number of nitrogens with two attached hydrogens (primary N) is 1. The van der Waals surface area contributed by atoms with Crippen molar-refractivity contribution in [1.29, 1.82) is 0 Å². The van der Waals surface area contributed by atoms with Gasteiger partial charge in [-0.25, -0.2) is 0 Å².